The van der Waals surface area contributed by atoms with Crippen LogP contribution in [0.3, 0.4) is 0 Å². The van der Waals surface area contributed by atoms with Crippen LogP contribution in [0.4, 0.5) is 10.5 Å². The standard InChI is InChI=1S/C13H17ClN2O4/c1-13(2,3)20-12(18)16-9-6-10(14)11(15-7-9)4-5-19-8-17/h6-8H,4-5H2,1-3H3,(H,16,18). The largest absolute Gasteiger partial charge is 0.467 e. The van der Waals surface area contributed by atoms with Gasteiger partial charge in [0.05, 0.1) is 29.2 Å². The molecular weight excluding hydrogens is 284 g/mol. The zero-order valence-corrected chi connectivity index (χ0v) is 12.4. The number of nitrogens with zero attached hydrogens (tertiary/aromatic N) is 1. The molecule has 0 bridgehead atoms. The van der Waals surface area contributed by atoms with E-state index >= 15 is 0 Å². The van der Waals surface area contributed by atoms with E-state index in [1.165, 1.54) is 6.20 Å². The summed E-state index contributed by atoms with van der Waals surface area (Å²) in [7, 11) is 0. The van der Waals surface area contributed by atoms with Crippen LogP contribution in [0.5, 0.6) is 0 Å². The highest BCUT2D eigenvalue weighted by Crippen LogP contribution is 2.19. The second-order valence-electron chi connectivity index (χ2n) is 5.00. The van der Waals surface area contributed by atoms with Crippen LogP contribution in [0.25, 0.3) is 0 Å². The minimum absolute atomic E-state index is 0.203. The maximum atomic E-state index is 11.6. The summed E-state index contributed by atoms with van der Waals surface area (Å²) >= 11 is 6.03. The van der Waals surface area contributed by atoms with E-state index in [0.717, 1.165) is 0 Å². The van der Waals surface area contributed by atoms with Crippen molar-refractivity contribution in [3.8, 4) is 0 Å². The molecule has 1 N–H and O–H groups in total. The molecule has 110 valence electrons. The number of ether oxygens (including phenoxy) is 2. The Hall–Kier alpha value is -1.82. The molecule has 0 aromatic carbocycles. The number of aromatic nitrogens is 1. The highest BCUT2D eigenvalue weighted by Gasteiger charge is 2.16. The van der Waals surface area contributed by atoms with Crippen molar-refractivity contribution in [2.75, 3.05) is 11.9 Å². The van der Waals surface area contributed by atoms with E-state index < -0.39 is 11.7 Å². The Labute approximate surface area is 122 Å². The SMILES string of the molecule is CC(C)(C)OC(=O)Nc1cnc(CCOC=O)c(Cl)c1. The van der Waals surface area contributed by atoms with Crippen molar-refractivity contribution in [3.05, 3.63) is 23.0 Å². The van der Waals surface area contributed by atoms with Gasteiger partial charge in [-0.2, -0.15) is 0 Å². The molecule has 0 saturated heterocycles. The molecular formula is C13H17ClN2O4. The summed E-state index contributed by atoms with van der Waals surface area (Å²) in [6.45, 7) is 5.89. The Morgan fingerprint density at radius 2 is 2.20 bits per heavy atom. The zero-order valence-electron chi connectivity index (χ0n) is 11.6. The van der Waals surface area contributed by atoms with Crippen LogP contribution in [0.15, 0.2) is 12.3 Å². The van der Waals surface area contributed by atoms with Crippen molar-refractivity contribution < 1.29 is 19.1 Å². The van der Waals surface area contributed by atoms with Crippen molar-refractivity contribution in [2.24, 2.45) is 0 Å². The van der Waals surface area contributed by atoms with E-state index in [4.69, 9.17) is 16.3 Å². The third kappa shape index (κ3) is 5.88. The number of halogens is 1. The van der Waals surface area contributed by atoms with Gasteiger partial charge in [0, 0.05) is 6.42 Å². The fourth-order valence-corrected chi connectivity index (χ4v) is 1.60. The number of pyridine rings is 1. The lowest BCUT2D eigenvalue weighted by Crippen LogP contribution is -2.27. The van der Waals surface area contributed by atoms with Gasteiger partial charge in [-0.05, 0) is 26.8 Å². The molecule has 7 heteroatoms. The summed E-state index contributed by atoms with van der Waals surface area (Å²) in [6, 6.07) is 1.56. The Morgan fingerprint density at radius 3 is 2.75 bits per heavy atom. The van der Waals surface area contributed by atoms with Gasteiger partial charge in [-0.3, -0.25) is 15.1 Å². The van der Waals surface area contributed by atoms with Crippen LogP contribution >= 0.6 is 11.6 Å². The van der Waals surface area contributed by atoms with Crippen LogP contribution in [0.2, 0.25) is 5.02 Å². The van der Waals surface area contributed by atoms with Crippen molar-refractivity contribution in [1.82, 2.24) is 4.98 Å². The molecule has 1 aromatic heterocycles. The lowest BCUT2D eigenvalue weighted by Gasteiger charge is -2.19. The van der Waals surface area contributed by atoms with E-state index in [2.05, 4.69) is 15.0 Å². The summed E-state index contributed by atoms with van der Waals surface area (Å²) in [4.78, 5) is 25.7. The van der Waals surface area contributed by atoms with Crippen LogP contribution in [0.1, 0.15) is 26.5 Å². The minimum atomic E-state index is -0.576. The van der Waals surface area contributed by atoms with E-state index in [1.54, 1.807) is 26.8 Å². The molecule has 6 nitrogen and oxygen atoms in total. The molecule has 0 aliphatic carbocycles. The average Bonchev–Trinajstić information content (AvgIpc) is 2.29. The molecule has 0 radical (unpaired) electrons. The van der Waals surface area contributed by atoms with Gasteiger partial charge in [-0.1, -0.05) is 11.6 Å². The molecule has 0 fully saturated rings. The number of hydrogen-bond donors (Lipinski definition) is 1. The lowest BCUT2D eigenvalue weighted by molar-refractivity contribution is -0.128. The van der Waals surface area contributed by atoms with Crippen molar-refractivity contribution >= 4 is 29.9 Å². The van der Waals surface area contributed by atoms with E-state index in [9.17, 15) is 9.59 Å². The maximum Gasteiger partial charge on any atom is 0.412 e. The molecule has 1 rings (SSSR count). The van der Waals surface area contributed by atoms with Gasteiger partial charge in [0.15, 0.2) is 0 Å². The number of amides is 1. The predicted molar refractivity (Wildman–Crippen MR) is 74.8 cm³/mol. The lowest BCUT2D eigenvalue weighted by atomic mass is 10.2. The average molecular weight is 301 g/mol. The predicted octanol–water partition coefficient (Wildman–Crippen LogP) is 2.80. The Balaban J connectivity index is 2.63. The van der Waals surface area contributed by atoms with Gasteiger partial charge in [0.25, 0.3) is 6.47 Å². The Morgan fingerprint density at radius 1 is 1.50 bits per heavy atom. The Bertz CT molecular complexity index is 486. The summed E-state index contributed by atoms with van der Waals surface area (Å²) in [5, 5.41) is 2.92. The minimum Gasteiger partial charge on any atom is -0.467 e. The molecule has 0 unspecified atom stereocenters. The number of nitrogens with one attached hydrogen (secondary N) is 1. The van der Waals surface area contributed by atoms with Gasteiger partial charge in [-0.25, -0.2) is 4.79 Å². The molecule has 0 aliphatic rings. The van der Waals surface area contributed by atoms with E-state index in [-0.39, 0.29) is 6.61 Å². The first-order valence-electron chi connectivity index (χ1n) is 6.01. The van der Waals surface area contributed by atoms with E-state index in [0.29, 0.717) is 29.3 Å². The second-order valence-corrected chi connectivity index (χ2v) is 5.40. The van der Waals surface area contributed by atoms with Gasteiger partial charge in [-0.15, -0.1) is 0 Å². The third-order valence-electron chi connectivity index (χ3n) is 2.09. The zero-order chi connectivity index (χ0) is 15.2. The molecule has 0 aliphatic heterocycles. The fraction of sp³-hybridized carbons (Fsp3) is 0.462. The summed E-state index contributed by atoms with van der Waals surface area (Å²) < 4.78 is 9.68. The normalized spacial score (nSPS) is 10.8. The number of carbonyl (C=O) groups is 2. The van der Waals surface area contributed by atoms with Crippen LogP contribution < -0.4 is 5.32 Å². The smallest absolute Gasteiger partial charge is 0.412 e. The van der Waals surface area contributed by atoms with Gasteiger partial charge in [0.2, 0.25) is 0 Å². The third-order valence-corrected chi connectivity index (χ3v) is 2.41. The van der Waals surface area contributed by atoms with Gasteiger partial charge >= 0.3 is 6.09 Å². The number of hydrogen-bond acceptors (Lipinski definition) is 5. The summed E-state index contributed by atoms with van der Waals surface area (Å²) in [5.74, 6) is 0. The summed E-state index contributed by atoms with van der Waals surface area (Å²) in [5.41, 5.74) is 0.445. The quantitative estimate of drug-likeness (QED) is 0.668. The van der Waals surface area contributed by atoms with Gasteiger partial charge in [0.1, 0.15) is 5.60 Å². The van der Waals surface area contributed by atoms with Crippen molar-refractivity contribution in [2.45, 2.75) is 32.8 Å². The topological polar surface area (TPSA) is 77.5 Å². The number of rotatable bonds is 5. The number of anilines is 1. The van der Waals surface area contributed by atoms with E-state index in [1.807, 2.05) is 0 Å². The summed E-state index contributed by atoms with van der Waals surface area (Å²) in [6.07, 6.45) is 1.29. The van der Waals surface area contributed by atoms with Crippen LogP contribution in [-0.2, 0) is 20.7 Å². The molecule has 0 saturated carbocycles. The molecule has 1 heterocycles. The first-order valence-corrected chi connectivity index (χ1v) is 6.39. The first kappa shape index (κ1) is 16.2. The number of carbonyl (C=O) groups excluding carboxylic acids is 2. The maximum absolute atomic E-state index is 11.6. The fourth-order valence-electron chi connectivity index (χ4n) is 1.34. The molecule has 20 heavy (non-hydrogen) atoms. The highest BCUT2D eigenvalue weighted by atomic mass is 35.5. The Kier molecular flexibility index (Phi) is 5.76. The highest BCUT2D eigenvalue weighted by molar-refractivity contribution is 6.31. The molecule has 1 amide bonds. The van der Waals surface area contributed by atoms with Crippen LogP contribution in [-0.4, -0.2) is 29.8 Å². The molecule has 0 atom stereocenters. The molecule has 1 aromatic rings. The van der Waals surface area contributed by atoms with Crippen LogP contribution in [0, 0.1) is 0 Å². The van der Waals surface area contributed by atoms with Gasteiger partial charge < -0.3 is 9.47 Å². The molecule has 0 spiro atoms. The second kappa shape index (κ2) is 7.09. The van der Waals surface area contributed by atoms with Crippen molar-refractivity contribution in [3.63, 3.8) is 0 Å². The monoisotopic (exact) mass is 300 g/mol. The first-order chi connectivity index (χ1) is 9.31. The van der Waals surface area contributed by atoms with Crippen molar-refractivity contribution in [1.29, 1.82) is 0 Å².